The Kier molecular flexibility index (Phi) is 5.56. The third-order valence-electron chi connectivity index (χ3n) is 3.46. The highest BCUT2D eigenvalue weighted by atomic mass is 28.4. The molecule has 0 saturated carbocycles. The van der Waals surface area contributed by atoms with E-state index < -0.39 is 17.5 Å². The van der Waals surface area contributed by atoms with Gasteiger partial charge < -0.3 is 8.91 Å². The molecule has 22 heavy (non-hydrogen) atoms. The molecule has 0 radical (unpaired) electrons. The molecule has 0 fully saturated rings. The third kappa shape index (κ3) is 5.16. The topological polar surface area (TPSA) is 63.3 Å². The van der Waals surface area contributed by atoms with E-state index in [0.29, 0.717) is 0 Å². The molecule has 1 N–H and O–H groups in total. The summed E-state index contributed by atoms with van der Waals surface area (Å²) in [7, 11) is -4.84. The van der Waals surface area contributed by atoms with Gasteiger partial charge in [0, 0.05) is 30.9 Å². The second-order valence-electron chi connectivity index (χ2n) is 5.79. The highest BCUT2D eigenvalue weighted by Crippen LogP contribution is 2.16. The molecule has 0 aliphatic heterocycles. The third-order valence-corrected chi connectivity index (χ3v) is 7.93. The molecule has 0 aromatic carbocycles. The van der Waals surface area contributed by atoms with Crippen LogP contribution in [-0.4, -0.2) is 27.3 Å². The van der Waals surface area contributed by atoms with Crippen molar-refractivity contribution in [2.75, 3.05) is 0 Å². The van der Waals surface area contributed by atoms with E-state index in [1.54, 1.807) is 12.4 Å². The molecule has 0 aliphatic carbocycles. The molecule has 116 valence electrons. The fourth-order valence-electron chi connectivity index (χ4n) is 2.32. The molecule has 2 aromatic heterocycles. The van der Waals surface area contributed by atoms with Crippen LogP contribution in [0.25, 0.3) is 11.1 Å². The fraction of sp³-hybridized carbons (Fsp3) is 0.333. The van der Waals surface area contributed by atoms with Crippen LogP contribution in [0.1, 0.15) is 6.42 Å². The summed E-state index contributed by atoms with van der Waals surface area (Å²) in [5, 5.41) is 0. The first-order valence-electron chi connectivity index (χ1n) is 7.28. The molecule has 5 nitrogen and oxygen atoms in total. The Hall–Kier alpha value is -1.87. The van der Waals surface area contributed by atoms with Crippen LogP contribution in [-0.2, 0) is 15.1 Å². The summed E-state index contributed by atoms with van der Waals surface area (Å²) in [5.41, 5.74) is 2.31. The Morgan fingerprint density at radius 2 is 1.77 bits per heavy atom. The first kappa shape index (κ1) is 16.5. The first-order valence-corrected chi connectivity index (χ1v) is 11.7. The van der Waals surface area contributed by atoms with Crippen molar-refractivity contribution in [3.8, 4) is 11.1 Å². The summed E-state index contributed by atoms with van der Waals surface area (Å²) in [6, 6.07) is 9.01. The van der Waals surface area contributed by atoms with Crippen LogP contribution >= 0.6 is 0 Å². The Morgan fingerprint density at radius 3 is 2.36 bits per heavy atom. The molecule has 0 unspecified atom stereocenters. The number of hydrogen-bond acceptors (Lipinski definition) is 3. The summed E-state index contributed by atoms with van der Waals surface area (Å²) in [5.74, 6) is 0. The van der Waals surface area contributed by atoms with Gasteiger partial charge in [0.1, 0.15) is 6.54 Å². The van der Waals surface area contributed by atoms with Crippen LogP contribution in [0.15, 0.2) is 49.1 Å². The van der Waals surface area contributed by atoms with Crippen molar-refractivity contribution >= 4 is 17.5 Å². The van der Waals surface area contributed by atoms with Crippen molar-refractivity contribution in [3.63, 3.8) is 0 Å². The molecule has 0 spiro atoms. The Bertz CT molecular complexity index is 618. The number of pyridine rings is 2. The molecular formula is C15H21N2O3Si2+. The smallest absolute Gasteiger partial charge is 0.551 e. The van der Waals surface area contributed by atoms with E-state index in [-0.39, 0.29) is 0 Å². The van der Waals surface area contributed by atoms with E-state index in [1.807, 2.05) is 25.2 Å². The molecule has 0 amide bonds. The van der Waals surface area contributed by atoms with Crippen molar-refractivity contribution in [1.29, 1.82) is 0 Å². The minimum absolute atomic E-state index is 0.864. The Labute approximate surface area is 133 Å². The maximum atomic E-state index is 10.8. The zero-order valence-electron chi connectivity index (χ0n) is 12.9. The van der Waals surface area contributed by atoms with E-state index in [9.17, 15) is 4.46 Å². The number of aryl methyl sites for hydroxylation is 1. The van der Waals surface area contributed by atoms with Crippen molar-refractivity contribution < 1.29 is 17.9 Å². The van der Waals surface area contributed by atoms with Gasteiger partial charge in [-0.15, -0.1) is 0 Å². The molecule has 0 saturated heterocycles. The standard InChI is InChI=1S/C15H21N2O3Si2/c1-22(2,20-21(18)19)13-3-10-17-11-6-15(7-12-17)14-4-8-16-9-5-14/h4-9,11-12,18H,3,10,13H2,1-2H3/q+1. The van der Waals surface area contributed by atoms with E-state index in [4.69, 9.17) is 8.91 Å². The van der Waals surface area contributed by atoms with Gasteiger partial charge >= 0.3 is 9.17 Å². The summed E-state index contributed by atoms with van der Waals surface area (Å²) < 4.78 is 18.1. The zero-order chi connectivity index (χ0) is 16.0. The van der Waals surface area contributed by atoms with E-state index in [2.05, 4.69) is 34.1 Å². The SMILES string of the molecule is C[Si](C)(CCC[n+]1ccc(-c2ccncc2)cc1)O[Si](=O)O. The monoisotopic (exact) mass is 333 g/mol. The minimum atomic E-state index is -2.82. The van der Waals surface area contributed by atoms with Crippen molar-refractivity contribution in [3.05, 3.63) is 49.1 Å². The Morgan fingerprint density at radius 1 is 1.18 bits per heavy atom. The molecule has 2 heterocycles. The van der Waals surface area contributed by atoms with Crippen LogP contribution in [0, 0.1) is 0 Å². The predicted molar refractivity (Wildman–Crippen MR) is 86.5 cm³/mol. The van der Waals surface area contributed by atoms with Gasteiger partial charge in [-0.2, -0.15) is 0 Å². The van der Waals surface area contributed by atoms with Crippen LogP contribution < -0.4 is 4.57 Å². The second-order valence-corrected chi connectivity index (χ2v) is 11.2. The lowest BCUT2D eigenvalue weighted by molar-refractivity contribution is -0.696. The molecule has 0 bridgehead atoms. The molecule has 0 aliphatic rings. The van der Waals surface area contributed by atoms with Gasteiger partial charge in [0.05, 0.1) is 0 Å². The normalized spacial score (nSPS) is 11.2. The van der Waals surface area contributed by atoms with E-state index in [0.717, 1.165) is 30.1 Å². The second kappa shape index (κ2) is 7.41. The molecule has 7 heteroatoms. The van der Waals surface area contributed by atoms with Crippen molar-refractivity contribution in [2.45, 2.75) is 32.1 Å². The number of rotatable bonds is 7. The maximum Gasteiger partial charge on any atom is 0.749 e. The lowest BCUT2D eigenvalue weighted by atomic mass is 10.1. The van der Waals surface area contributed by atoms with Gasteiger partial charge in [-0.1, -0.05) is 0 Å². The lowest BCUT2D eigenvalue weighted by Gasteiger charge is -2.20. The average Bonchev–Trinajstić information content (AvgIpc) is 2.47. The summed E-state index contributed by atoms with van der Waals surface area (Å²) in [6.07, 6.45) is 8.62. The highest BCUT2D eigenvalue weighted by molar-refractivity contribution is 6.75. The number of nitrogens with zero attached hydrogens (tertiary/aromatic N) is 2. The number of hydrogen-bond donors (Lipinski definition) is 1. The van der Waals surface area contributed by atoms with Crippen LogP contribution in [0.2, 0.25) is 19.1 Å². The molecule has 0 atom stereocenters. The zero-order valence-corrected chi connectivity index (χ0v) is 14.9. The fourth-order valence-corrected chi connectivity index (χ4v) is 5.63. The lowest BCUT2D eigenvalue weighted by Crippen LogP contribution is -2.37. The number of aromatic nitrogens is 2. The van der Waals surface area contributed by atoms with Crippen molar-refractivity contribution in [1.82, 2.24) is 4.98 Å². The van der Waals surface area contributed by atoms with Gasteiger partial charge in [0.2, 0.25) is 8.32 Å². The quantitative estimate of drug-likeness (QED) is 0.622. The highest BCUT2D eigenvalue weighted by Gasteiger charge is 2.27. The minimum Gasteiger partial charge on any atom is -0.551 e. The first-order chi connectivity index (χ1) is 10.5. The Balaban J connectivity index is 1.88. The van der Waals surface area contributed by atoms with Gasteiger partial charge in [0.25, 0.3) is 0 Å². The predicted octanol–water partition coefficient (Wildman–Crippen LogP) is 2.06. The summed E-state index contributed by atoms with van der Waals surface area (Å²) in [4.78, 5) is 12.9. The molecular weight excluding hydrogens is 312 g/mol. The maximum absolute atomic E-state index is 10.8. The van der Waals surface area contributed by atoms with Gasteiger partial charge in [-0.3, -0.25) is 9.45 Å². The van der Waals surface area contributed by atoms with Crippen LogP contribution in [0.3, 0.4) is 0 Å². The van der Waals surface area contributed by atoms with Crippen LogP contribution in [0.5, 0.6) is 0 Å². The van der Waals surface area contributed by atoms with Gasteiger partial charge in [-0.25, -0.2) is 4.57 Å². The van der Waals surface area contributed by atoms with Crippen LogP contribution in [0.4, 0.5) is 0 Å². The van der Waals surface area contributed by atoms with Gasteiger partial charge in [0.15, 0.2) is 12.4 Å². The van der Waals surface area contributed by atoms with E-state index >= 15 is 0 Å². The molecule has 2 aromatic rings. The van der Waals surface area contributed by atoms with Crippen molar-refractivity contribution in [2.24, 2.45) is 0 Å². The molecule has 2 rings (SSSR count). The summed E-state index contributed by atoms with van der Waals surface area (Å²) in [6.45, 7) is 4.83. The average molecular weight is 334 g/mol. The van der Waals surface area contributed by atoms with Gasteiger partial charge in [-0.05, 0) is 42.4 Å². The largest absolute Gasteiger partial charge is 0.749 e. The summed E-state index contributed by atoms with van der Waals surface area (Å²) >= 11 is 0. The van der Waals surface area contributed by atoms with E-state index in [1.165, 1.54) is 0 Å².